The van der Waals surface area contributed by atoms with E-state index in [1.165, 1.54) is 0 Å². The summed E-state index contributed by atoms with van der Waals surface area (Å²) in [5.41, 5.74) is 7.64. The standard InChI is InChI=1S/C15H18N2O2/c1-10(2)17-14(9-8-13(16)15(17)18)11-4-6-12(19-3)7-5-11/h4-10H,16H2,1-3H3. The summed E-state index contributed by atoms with van der Waals surface area (Å²) in [6, 6.07) is 11.2. The van der Waals surface area contributed by atoms with Gasteiger partial charge in [-0.05, 0) is 55.8 Å². The van der Waals surface area contributed by atoms with E-state index in [0.717, 1.165) is 17.0 Å². The second kappa shape index (κ2) is 5.18. The third kappa shape index (κ3) is 2.47. The first kappa shape index (κ1) is 13.2. The Morgan fingerprint density at radius 2 is 1.74 bits per heavy atom. The molecule has 0 saturated carbocycles. The Morgan fingerprint density at radius 1 is 1.11 bits per heavy atom. The molecule has 2 rings (SSSR count). The number of rotatable bonds is 3. The van der Waals surface area contributed by atoms with Gasteiger partial charge in [0.1, 0.15) is 5.75 Å². The van der Waals surface area contributed by atoms with Gasteiger partial charge in [-0.25, -0.2) is 0 Å². The fourth-order valence-electron chi connectivity index (χ4n) is 2.08. The number of hydrogen-bond donors (Lipinski definition) is 1. The van der Waals surface area contributed by atoms with Crippen molar-refractivity contribution in [1.29, 1.82) is 0 Å². The highest BCUT2D eigenvalue weighted by Gasteiger charge is 2.11. The largest absolute Gasteiger partial charge is 0.497 e. The van der Waals surface area contributed by atoms with E-state index in [9.17, 15) is 4.79 Å². The van der Waals surface area contributed by atoms with Gasteiger partial charge in [-0.1, -0.05) is 0 Å². The summed E-state index contributed by atoms with van der Waals surface area (Å²) in [5.74, 6) is 0.789. The second-order valence-electron chi connectivity index (χ2n) is 4.67. The minimum atomic E-state index is -0.150. The molecule has 0 spiro atoms. The first-order valence-corrected chi connectivity index (χ1v) is 6.20. The Labute approximate surface area is 112 Å². The van der Waals surface area contributed by atoms with Gasteiger partial charge >= 0.3 is 0 Å². The van der Waals surface area contributed by atoms with Crippen molar-refractivity contribution in [3.63, 3.8) is 0 Å². The summed E-state index contributed by atoms with van der Waals surface area (Å²) in [4.78, 5) is 12.1. The van der Waals surface area contributed by atoms with Gasteiger partial charge in [0, 0.05) is 6.04 Å². The molecule has 0 aliphatic carbocycles. The van der Waals surface area contributed by atoms with Crippen LogP contribution in [0.5, 0.6) is 5.75 Å². The predicted octanol–water partition coefficient (Wildman–Crippen LogP) is 2.69. The van der Waals surface area contributed by atoms with Crippen LogP contribution >= 0.6 is 0 Å². The Kier molecular flexibility index (Phi) is 3.60. The molecule has 4 nitrogen and oxygen atoms in total. The maximum atomic E-state index is 12.1. The maximum Gasteiger partial charge on any atom is 0.274 e. The monoisotopic (exact) mass is 258 g/mol. The minimum absolute atomic E-state index is 0.0492. The Morgan fingerprint density at radius 3 is 2.26 bits per heavy atom. The molecule has 0 aliphatic rings. The average molecular weight is 258 g/mol. The van der Waals surface area contributed by atoms with Gasteiger partial charge in [-0.2, -0.15) is 0 Å². The summed E-state index contributed by atoms with van der Waals surface area (Å²) in [6.45, 7) is 3.93. The molecule has 2 aromatic rings. The van der Waals surface area contributed by atoms with Crippen LogP contribution in [0.15, 0.2) is 41.2 Å². The van der Waals surface area contributed by atoms with Crippen molar-refractivity contribution in [3.05, 3.63) is 46.8 Å². The maximum absolute atomic E-state index is 12.1. The third-order valence-corrected chi connectivity index (χ3v) is 3.05. The normalized spacial score (nSPS) is 10.7. The van der Waals surface area contributed by atoms with Crippen molar-refractivity contribution < 1.29 is 4.74 Å². The van der Waals surface area contributed by atoms with Crippen LogP contribution in [0.25, 0.3) is 11.3 Å². The summed E-state index contributed by atoms with van der Waals surface area (Å²) in [6.07, 6.45) is 0. The quantitative estimate of drug-likeness (QED) is 0.920. The van der Waals surface area contributed by atoms with Crippen molar-refractivity contribution in [2.24, 2.45) is 0 Å². The van der Waals surface area contributed by atoms with Crippen LogP contribution in [0.4, 0.5) is 5.69 Å². The van der Waals surface area contributed by atoms with Crippen molar-refractivity contribution in [2.45, 2.75) is 19.9 Å². The van der Waals surface area contributed by atoms with Gasteiger partial charge in [0.25, 0.3) is 5.56 Å². The molecule has 0 fully saturated rings. The molecular weight excluding hydrogens is 240 g/mol. The van der Waals surface area contributed by atoms with Crippen molar-refractivity contribution in [1.82, 2.24) is 4.57 Å². The molecule has 0 aliphatic heterocycles. The Balaban J connectivity index is 2.61. The number of methoxy groups -OCH3 is 1. The molecule has 0 bridgehead atoms. The summed E-state index contributed by atoms with van der Waals surface area (Å²) < 4.78 is 6.84. The third-order valence-electron chi connectivity index (χ3n) is 3.05. The number of benzene rings is 1. The molecule has 1 aromatic heterocycles. The number of nitrogen functional groups attached to an aromatic ring is 1. The predicted molar refractivity (Wildman–Crippen MR) is 77.5 cm³/mol. The molecule has 100 valence electrons. The zero-order valence-corrected chi connectivity index (χ0v) is 11.4. The van der Waals surface area contributed by atoms with Crippen molar-refractivity contribution in [2.75, 3.05) is 12.8 Å². The molecule has 4 heteroatoms. The number of nitrogens with two attached hydrogens (primary N) is 1. The molecule has 0 radical (unpaired) electrons. The summed E-state index contributed by atoms with van der Waals surface area (Å²) in [5, 5.41) is 0. The van der Waals surface area contributed by atoms with Gasteiger partial charge in [0.2, 0.25) is 0 Å². The van der Waals surface area contributed by atoms with E-state index in [1.807, 2.05) is 44.2 Å². The smallest absolute Gasteiger partial charge is 0.274 e. The lowest BCUT2D eigenvalue weighted by Gasteiger charge is -2.17. The van der Waals surface area contributed by atoms with Gasteiger partial charge in [-0.15, -0.1) is 0 Å². The molecular formula is C15H18N2O2. The number of ether oxygens (including phenoxy) is 1. The lowest BCUT2D eigenvalue weighted by molar-refractivity contribution is 0.415. The highest BCUT2D eigenvalue weighted by Crippen LogP contribution is 2.24. The molecule has 2 N–H and O–H groups in total. The average Bonchev–Trinajstić information content (AvgIpc) is 2.41. The fraction of sp³-hybridized carbons (Fsp3) is 0.267. The van der Waals surface area contributed by atoms with E-state index in [1.54, 1.807) is 17.7 Å². The van der Waals surface area contributed by atoms with E-state index in [2.05, 4.69) is 0 Å². The molecule has 19 heavy (non-hydrogen) atoms. The van der Waals surface area contributed by atoms with Crippen LogP contribution in [0.2, 0.25) is 0 Å². The van der Waals surface area contributed by atoms with E-state index >= 15 is 0 Å². The zero-order chi connectivity index (χ0) is 14.0. The summed E-state index contributed by atoms with van der Waals surface area (Å²) in [7, 11) is 1.63. The first-order chi connectivity index (χ1) is 9.04. The number of aromatic nitrogens is 1. The Bertz CT molecular complexity index is 628. The lowest BCUT2D eigenvalue weighted by Crippen LogP contribution is -2.25. The lowest BCUT2D eigenvalue weighted by atomic mass is 10.1. The molecule has 0 unspecified atom stereocenters. The molecule has 0 amide bonds. The van der Waals surface area contributed by atoms with Crippen LogP contribution in [0.3, 0.4) is 0 Å². The molecule has 1 aromatic carbocycles. The van der Waals surface area contributed by atoms with Crippen LogP contribution < -0.4 is 16.0 Å². The van der Waals surface area contributed by atoms with Crippen molar-refractivity contribution in [3.8, 4) is 17.0 Å². The number of hydrogen-bond acceptors (Lipinski definition) is 3. The van der Waals surface area contributed by atoms with E-state index in [4.69, 9.17) is 10.5 Å². The minimum Gasteiger partial charge on any atom is -0.497 e. The van der Waals surface area contributed by atoms with Crippen LogP contribution in [-0.2, 0) is 0 Å². The fourth-order valence-corrected chi connectivity index (χ4v) is 2.08. The highest BCUT2D eigenvalue weighted by molar-refractivity contribution is 5.62. The van der Waals surface area contributed by atoms with Crippen molar-refractivity contribution >= 4 is 5.69 Å². The number of anilines is 1. The molecule has 1 heterocycles. The SMILES string of the molecule is COc1ccc(-c2ccc(N)c(=O)n2C(C)C)cc1. The number of pyridine rings is 1. The number of nitrogens with zero attached hydrogens (tertiary/aromatic N) is 1. The van der Waals surface area contributed by atoms with Crippen LogP contribution in [-0.4, -0.2) is 11.7 Å². The Hall–Kier alpha value is -2.23. The topological polar surface area (TPSA) is 57.2 Å². The van der Waals surface area contributed by atoms with Gasteiger partial charge < -0.3 is 15.0 Å². The summed E-state index contributed by atoms with van der Waals surface area (Å²) >= 11 is 0. The van der Waals surface area contributed by atoms with Crippen LogP contribution in [0, 0.1) is 0 Å². The van der Waals surface area contributed by atoms with Gasteiger partial charge in [0.05, 0.1) is 18.5 Å². The highest BCUT2D eigenvalue weighted by atomic mass is 16.5. The molecule has 0 saturated heterocycles. The van der Waals surface area contributed by atoms with Crippen LogP contribution in [0.1, 0.15) is 19.9 Å². The van der Waals surface area contributed by atoms with Gasteiger partial charge in [-0.3, -0.25) is 4.79 Å². The first-order valence-electron chi connectivity index (χ1n) is 6.20. The van der Waals surface area contributed by atoms with E-state index in [0.29, 0.717) is 0 Å². The zero-order valence-electron chi connectivity index (χ0n) is 11.4. The van der Waals surface area contributed by atoms with E-state index < -0.39 is 0 Å². The molecule has 0 atom stereocenters. The second-order valence-corrected chi connectivity index (χ2v) is 4.67. The van der Waals surface area contributed by atoms with E-state index in [-0.39, 0.29) is 17.3 Å². The van der Waals surface area contributed by atoms with Gasteiger partial charge in [0.15, 0.2) is 0 Å².